The molecule has 0 saturated carbocycles. The van der Waals surface area contributed by atoms with Gasteiger partial charge in [0.15, 0.2) is 0 Å². The fourth-order valence-electron chi connectivity index (χ4n) is 4.18. The van der Waals surface area contributed by atoms with Gasteiger partial charge in [-0.15, -0.1) is 11.3 Å². The van der Waals surface area contributed by atoms with Crippen LogP contribution in [0.15, 0.2) is 40.6 Å². The van der Waals surface area contributed by atoms with Crippen LogP contribution in [0.5, 0.6) is 5.75 Å². The average molecular weight is 489 g/mol. The number of sulfonamides is 1. The van der Waals surface area contributed by atoms with Crippen molar-refractivity contribution in [3.05, 3.63) is 58.0 Å². The molecule has 0 amide bonds. The molecule has 3 aromatic rings. The number of benzene rings is 2. The summed E-state index contributed by atoms with van der Waals surface area (Å²) in [5, 5.41) is 12.6. The number of nitrogens with one attached hydrogen (secondary N) is 1. The van der Waals surface area contributed by atoms with E-state index in [-0.39, 0.29) is 21.6 Å². The summed E-state index contributed by atoms with van der Waals surface area (Å²) in [4.78, 5) is 15.6. The van der Waals surface area contributed by atoms with Crippen LogP contribution < -0.4 is 4.72 Å². The van der Waals surface area contributed by atoms with E-state index >= 15 is 0 Å². The van der Waals surface area contributed by atoms with Crippen LogP contribution in [0.25, 0.3) is 10.8 Å². The third kappa shape index (κ3) is 4.63. The molecule has 33 heavy (non-hydrogen) atoms. The SMILES string of the molecule is CC[C@H](C)NS(=O)(=O)c1sc2c(c1C(=O)OC)CCN(Cc1c(O)ccc3ccccc13)C2. The van der Waals surface area contributed by atoms with Crippen molar-refractivity contribution in [3.63, 3.8) is 0 Å². The van der Waals surface area contributed by atoms with Crippen molar-refractivity contribution in [3.8, 4) is 5.75 Å². The van der Waals surface area contributed by atoms with Crippen LogP contribution in [0.4, 0.5) is 0 Å². The molecule has 7 nitrogen and oxygen atoms in total. The lowest BCUT2D eigenvalue weighted by Crippen LogP contribution is -2.32. The van der Waals surface area contributed by atoms with Gasteiger partial charge in [0.1, 0.15) is 9.96 Å². The largest absolute Gasteiger partial charge is 0.508 e. The number of aromatic hydroxyl groups is 1. The Balaban J connectivity index is 1.68. The Morgan fingerprint density at radius 1 is 1.27 bits per heavy atom. The van der Waals surface area contributed by atoms with Crippen LogP contribution in [-0.4, -0.2) is 44.1 Å². The number of carbonyl (C=O) groups is 1. The van der Waals surface area contributed by atoms with Gasteiger partial charge in [-0.3, -0.25) is 4.90 Å². The Bertz CT molecular complexity index is 1300. The zero-order valence-electron chi connectivity index (χ0n) is 18.9. The number of hydrogen-bond acceptors (Lipinski definition) is 7. The minimum atomic E-state index is -3.85. The zero-order valence-corrected chi connectivity index (χ0v) is 20.6. The maximum atomic E-state index is 13.1. The normalized spacial score (nSPS) is 15.4. The third-order valence-electron chi connectivity index (χ3n) is 6.10. The van der Waals surface area contributed by atoms with Gasteiger partial charge < -0.3 is 9.84 Å². The average Bonchev–Trinajstić information content (AvgIpc) is 3.20. The van der Waals surface area contributed by atoms with E-state index in [0.29, 0.717) is 32.5 Å². The van der Waals surface area contributed by atoms with Crippen LogP contribution in [0.1, 0.15) is 46.6 Å². The fourth-order valence-corrected chi connectivity index (χ4v) is 7.45. The van der Waals surface area contributed by atoms with Gasteiger partial charge in [0.25, 0.3) is 10.0 Å². The monoisotopic (exact) mass is 488 g/mol. The number of phenolic OH excluding ortho intramolecular Hbond substituents is 1. The third-order valence-corrected chi connectivity index (χ3v) is 9.43. The highest BCUT2D eigenvalue weighted by Crippen LogP contribution is 2.38. The second-order valence-electron chi connectivity index (χ2n) is 8.33. The minimum Gasteiger partial charge on any atom is -0.508 e. The van der Waals surface area contributed by atoms with Gasteiger partial charge in [-0.2, -0.15) is 0 Å². The molecule has 0 saturated heterocycles. The molecule has 2 heterocycles. The second-order valence-corrected chi connectivity index (χ2v) is 11.3. The van der Waals surface area contributed by atoms with Crippen LogP contribution in [0, 0.1) is 0 Å². The molecule has 0 fully saturated rings. The van der Waals surface area contributed by atoms with Crippen molar-refractivity contribution in [2.75, 3.05) is 13.7 Å². The Morgan fingerprint density at radius 3 is 2.76 bits per heavy atom. The lowest BCUT2D eigenvalue weighted by molar-refractivity contribution is 0.0595. The summed E-state index contributed by atoms with van der Waals surface area (Å²) in [6.45, 7) is 5.33. The predicted molar refractivity (Wildman–Crippen MR) is 129 cm³/mol. The summed E-state index contributed by atoms with van der Waals surface area (Å²) in [6, 6.07) is 11.3. The molecule has 1 aromatic heterocycles. The number of methoxy groups -OCH3 is 1. The van der Waals surface area contributed by atoms with Crippen molar-refractivity contribution in [2.45, 2.75) is 50.0 Å². The molecule has 0 aliphatic carbocycles. The van der Waals surface area contributed by atoms with Crippen LogP contribution in [-0.2, 0) is 34.3 Å². The Morgan fingerprint density at radius 2 is 2.03 bits per heavy atom. The lowest BCUT2D eigenvalue weighted by Gasteiger charge is -2.27. The van der Waals surface area contributed by atoms with E-state index in [1.165, 1.54) is 7.11 Å². The highest BCUT2D eigenvalue weighted by atomic mass is 32.2. The number of phenols is 1. The standard InChI is InChI=1S/C24H28N2O5S2/c1-4-15(2)25-33(29,30)24-22(23(28)31-3)18-11-12-26(14-21(18)32-24)13-19-17-8-6-5-7-16(17)9-10-20(19)27/h5-10,15,25,27H,4,11-14H2,1-3H3/t15-/m0/s1. The molecule has 0 bridgehead atoms. The highest BCUT2D eigenvalue weighted by Gasteiger charge is 2.34. The van der Waals surface area contributed by atoms with Gasteiger partial charge in [-0.05, 0) is 42.2 Å². The summed E-state index contributed by atoms with van der Waals surface area (Å²) >= 11 is 1.13. The van der Waals surface area contributed by atoms with Crippen LogP contribution >= 0.6 is 11.3 Å². The number of nitrogens with zero attached hydrogens (tertiary/aromatic N) is 1. The molecule has 1 aliphatic heterocycles. The van der Waals surface area contributed by atoms with Gasteiger partial charge in [0.2, 0.25) is 0 Å². The first kappa shape index (κ1) is 23.7. The first-order valence-corrected chi connectivity index (χ1v) is 13.2. The van der Waals surface area contributed by atoms with Crippen molar-refractivity contribution in [1.29, 1.82) is 0 Å². The first-order valence-electron chi connectivity index (χ1n) is 10.9. The molecule has 2 aromatic carbocycles. The number of ether oxygens (including phenoxy) is 1. The Hall–Kier alpha value is -2.46. The molecular formula is C24H28N2O5S2. The molecule has 0 spiro atoms. The fraction of sp³-hybridized carbons (Fsp3) is 0.375. The van der Waals surface area contributed by atoms with E-state index in [1.807, 2.05) is 37.3 Å². The summed E-state index contributed by atoms with van der Waals surface area (Å²) < 4.78 is 33.8. The summed E-state index contributed by atoms with van der Waals surface area (Å²) in [6.07, 6.45) is 1.17. The van der Waals surface area contributed by atoms with E-state index < -0.39 is 16.0 Å². The van der Waals surface area contributed by atoms with Crippen LogP contribution in [0.2, 0.25) is 0 Å². The Kier molecular flexibility index (Phi) is 6.76. The summed E-state index contributed by atoms with van der Waals surface area (Å²) in [5.74, 6) is -0.390. The Labute approximate surface area is 198 Å². The molecule has 2 N–H and O–H groups in total. The van der Waals surface area contributed by atoms with Gasteiger partial charge >= 0.3 is 5.97 Å². The smallest absolute Gasteiger partial charge is 0.340 e. The minimum absolute atomic E-state index is 0.0227. The van der Waals surface area contributed by atoms with Gasteiger partial charge in [0, 0.05) is 36.1 Å². The number of hydrogen-bond donors (Lipinski definition) is 2. The number of thiophene rings is 1. The van der Waals surface area contributed by atoms with Gasteiger partial charge in [-0.25, -0.2) is 17.9 Å². The number of carbonyl (C=O) groups excluding carboxylic acids is 1. The molecule has 176 valence electrons. The van der Waals surface area contributed by atoms with E-state index in [9.17, 15) is 18.3 Å². The van der Waals surface area contributed by atoms with E-state index in [0.717, 1.165) is 38.1 Å². The number of esters is 1. The molecule has 0 unspecified atom stereocenters. The first-order chi connectivity index (χ1) is 15.7. The van der Waals surface area contributed by atoms with Crippen molar-refractivity contribution in [1.82, 2.24) is 9.62 Å². The molecule has 0 radical (unpaired) electrons. The predicted octanol–water partition coefficient (Wildman–Crippen LogP) is 4.03. The van der Waals surface area contributed by atoms with Crippen molar-refractivity contribution >= 4 is 38.1 Å². The lowest BCUT2D eigenvalue weighted by atomic mass is 10.0. The number of rotatable bonds is 7. The summed E-state index contributed by atoms with van der Waals surface area (Å²) in [7, 11) is -2.59. The van der Waals surface area contributed by atoms with Gasteiger partial charge in [-0.1, -0.05) is 37.3 Å². The molecule has 4 rings (SSSR count). The van der Waals surface area contributed by atoms with Crippen molar-refractivity contribution < 1.29 is 23.1 Å². The maximum Gasteiger partial charge on any atom is 0.340 e. The molecular weight excluding hydrogens is 460 g/mol. The molecule has 1 atom stereocenters. The topological polar surface area (TPSA) is 95.9 Å². The maximum absolute atomic E-state index is 13.1. The molecule has 9 heteroatoms. The van der Waals surface area contributed by atoms with E-state index in [1.54, 1.807) is 13.0 Å². The van der Waals surface area contributed by atoms with Gasteiger partial charge in [0.05, 0.1) is 12.7 Å². The van der Waals surface area contributed by atoms with E-state index in [4.69, 9.17) is 4.74 Å². The van der Waals surface area contributed by atoms with E-state index in [2.05, 4.69) is 9.62 Å². The zero-order chi connectivity index (χ0) is 23.8. The second kappa shape index (κ2) is 9.42. The highest BCUT2D eigenvalue weighted by molar-refractivity contribution is 7.91. The van der Waals surface area contributed by atoms with Crippen molar-refractivity contribution in [2.24, 2.45) is 0 Å². The van der Waals surface area contributed by atoms with Crippen LogP contribution in [0.3, 0.4) is 0 Å². The summed E-state index contributed by atoms with van der Waals surface area (Å²) in [5.41, 5.74) is 1.74. The molecule has 1 aliphatic rings. The number of fused-ring (bicyclic) bond motifs is 2. The quantitative estimate of drug-likeness (QED) is 0.488.